The van der Waals surface area contributed by atoms with Crippen molar-refractivity contribution in [3.8, 4) is 0 Å². The molecule has 0 bridgehead atoms. The smallest absolute Gasteiger partial charge is 0.242 e. The van der Waals surface area contributed by atoms with Crippen molar-refractivity contribution in [1.29, 1.82) is 0 Å². The summed E-state index contributed by atoms with van der Waals surface area (Å²) in [6.07, 6.45) is 2.58. The fraction of sp³-hybridized carbons (Fsp3) is 0.375. The molecular formula is C16H21N3O. The van der Waals surface area contributed by atoms with E-state index in [4.69, 9.17) is 0 Å². The molecule has 106 valence electrons. The summed E-state index contributed by atoms with van der Waals surface area (Å²) in [6.45, 7) is 6.34. The van der Waals surface area contributed by atoms with Gasteiger partial charge in [0.25, 0.3) is 0 Å². The van der Waals surface area contributed by atoms with Gasteiger partial charge in [-0.1, -0.05) is 36.8 Å². The molecule has 20 heavy (non-hydrogen) atoms. The molecular weight excluding hydrogens is 250 g/mol. The number of carbonyl (C=O) groups excluding carboxylic acids is 1. The van der Waals surface area contributed by atoms with Gasteiger partial charge in [-0.15, -0.1) is 0 Å². The maximum Gasteiger partial charge on any atom is 0.242 e. The number of nitrogens with one attached hydrogen (secondary N) is 1. The number of carbonyl (C=O) groups is 1. The lowest BCUT2D eigenvalue weighted by molar-refractivity contribution is -0.122. The molecule has 0 spiro atoms. The largest absolute Gasteiger partial charge is 0.348 e. The lowest BCUT2D eigenvalue weighted by Gasteiger charge is -2.18. The van der Waals surface area contributed by atoms with Crippen LogP contribution in [0.1, 0.15) is 36.2 Å². The Morgan fingerprint density at radius 1 is 1.25 bits per heavy atom. The molecule has 0 saturated heterocycles. The van der Waals surface area contributed by atoms with Crippen molar-refractivity contribution in [3.05, 3.63) is 53.3 Å². The van der Waals surface area contributed by atoms with E-state index < -0.39 is 0 Å². The van der Waals surface area contributed by atoms with Crippen molar-refractivity contribution in [2.45, 2.75) is 39.8 Å². The molecule has 1 N–H and O–H groups in total. The SMILES string of the molecule is CCC(NC(=O)Cn1nccc1C)c1ccc(C)cc1. The molecule has 2 aromatic rings. The van der Waals surface area contributed by atoms with Crippen LogP contribution in [0.4, 0.5) is 0 Å². The highest BCUT2D eigenvalue weighted by Crippen LogP contribution is 2.17. The van der Waals surface area contributed by atoms with Crippen LogP contribution in [0.5, 0.6) is 0 Å². The normalized spacial score (nSPS) is 12.2. The molecule has 4 nitrogen and oxygen atoms in total. The number of aromatic nitrogens is 2. The number of amides is 1. The molecule has 1 heterocycles. The fourth-order valence-electron chi connectivity index (χ4n) is 2.16. The van der Waals surface area contributed by atoms with E-state index in [9.17, 15) is 4.79 Å². The van der Waals surface area contributed by atoms with E-state index in [0.29, 0.717) is 0 Å². The topological polar surface area (TPSA) is 46.9 Å². The van der Waals surface area contributed by atoms with Crippen molar-refractivity contribution in [1.82, 2.24) is 15.1 Å². The second-order valence-corrected chi connectivity index (χ2v) is 5.07. The maximum atomic E-state index is 12.1. The van der Waals surface area contributed by atoms with Gasteiger partial charge in [0, 0.05) is 11.9 Å². The van der Waals surface area contributed by atoms with E-state index in [1.54, 1.807) is 10.9 Å². The summed E-state index contributed by atoms with van der Waals surface area (Å²) in [4.78, 5) is 12.1. The molecule has 4 heteroatoms. The van der Waals surface area contributed by atoms with Crippen LogP contribution in [0, 0.1) is 13.8 Å². The number of aryl methyl sites for hydroxylation is 2. The van der Waals surface area contributed by atoms with Crippen LogP contribution in [0.2, 0.25) is 0 Å². The molecule has 1 unspecified atom stereocenters. The van der Waals surface area contributed by atoms with Crippen LogP contribution in [0.25, 0.3) is 0 Å². The molecule has 0 aliphatic heterocycles. The summed E-state index contributed by atoms with van der Waals surface area (Å²) in [6, 6.07) is 10.2. The van der Waals surface area contributed by atoms with Gasteiger partial charge in [0.1, 0.15) is 6.54 Å². The Morgan fingerprint density at radius 2 is 1.95 bits per heavy atom. The molecule has 1 aromatic carbocycles. The molecule has 1 atom stereocenters. The minimum atomic E-state index is -0.00998. The molecule has 2 rings (SSSR count). The maximum absolute atomic E-state index is 12.1. The zero-order valence-electron chi connectivity index (χ0n) is 12.3. The van der Waals surface area contributed by atoms with Crippen LogP contribution >= 0.6 is 0 Å². The van der Waals surface area contributed by atoms with Crippen molar-refractivity contribution >= 4 is 5.91 Å². The Bertz CT molecular complexity index is 572. The predicted octanol–water partition coefficient (Wildman–Crippen LogP) is 2.77. The highest BCUT2D eigenvalue weighted by molar-refractivity contribution is 5.76. The monoisotopic (exact) mass is 271 g/mol. The van der Waals surface area contributed by atoms with E-state index in [2.05, 4.69) is 48.5 Å². The average Bonchev–Trinajstić information content (AvgIpc) is 2.83. The lowest BCUT2D eigenvalue weighted by atomic mass is 10.0. The Hall–Kier alpha value is -2.10. The number of hydrogen-bond donors (Lipinski definition) is 1. The van der Waals surface area contributed by atoms with Gasteiger partial charge in [0.05, 0.1) is 6.04 Å². The van der Waals surface area contributed by atoms with E-state index in [1.807, 2.05) is 13.0 Å². The summed E-state index contributed by atoms with van der Waals surface area (Å²) >= 11 is 0. The van der Waals surface area contributed by atoms with Gasteiger partial charge in [-0.3, -0.25) is 9.48 Å². The van der Waals surface area contributed by atoms with Crippen molar-refractivity contribution < 1.29 is 4.79 Å². The summed E-state index contributed by atoms with van der Waals surface area (Å²) in [5.74, 6) is -0.00998. The highest BCUT2D eigenvalue weighted by atomic mass is 16.2. The second kappa shape index (κ2) is 6.37. The molecule has 0 radical (unpaired) electrons. The number of nitrogens with zero attached hydrogens (tertiary/aromatic N) is 2. The third kappa shape index (κ3) is 3.47. The minimum absolute atomic E-state index is 0.00998. The first-order valence-electron chi connectivity index (χ1n) is 6.94. The number of hydrogen-bond acceptors (Lipinski definition) is 2. The fourth-order valence-corrected chi connectivity index (χ4v) is 2.16. The van der Waals surface area contributed by atoms with Gasteiger partial charge in [0.2, 0.25) is 5.91 Å². The quantitative estimate of drug-likeness (QED) is 0.909. The Kier molecular flexibility index (Phi) is 4.56. The molecule has 1 amide bonds. The molecule has 0 aliphatic carbocycles. The first-order chi connectivity index (χ1) is 9.60. The zero-order chi connectivity index (χ0) is 14.5. The summed E-state index contributed by atoms with van der Waals surface area (Å²) < 4.78 is 1.71. The standard InChI is InChI=1S/C16H21N3O/c1-4-15(14-7-5-12(2)6-8-14)18-16(20)11-19-13(3)9-10-17-19/h5-10,15H,4,11H2,1-3H3,(H,18,20). The van der Waals surface area contributed by atoms with Gasteiger partial charge >= 0.3 is 0 Å². The Labute approximate surface area is 119 Å². The van der Waals surface area contributed by atoms with Gasteiger partial charge < -0.3 is 5.32 Å². The first-order valence-corrected chi connectivity index (χ1v) is 6.94. The van der Waals surface area contributed by atoms with E-state index in [1.165, 1.54) is 5.56 Å². The Balaban J connectivity index is 2.01. The van der Waals surface area contributed by atoms with Crippen LogP contribution in [0.3, 0.4) is 0 Å². The van der Waals surface area contributed by atoms with Crippen LogP contribution in [0.15, 0.2) is 36.5 Å². The number of rotatable bonds is 5. The molecule has 0 aliphatic rings. The average molecular weight is 271 g/mol. The third-order valence-corrected chi connectivity index (χ3v) is 3.45. The second-order valence-electron chi connectivity index (χ2n) is 5.07. The molecule has 0 fully saturated rings. The zero-order valence-corrected chi connectivity index (χ0v) is 12.3. The van der Waals surface area contributed by atoms with Gasteiger partial charge in [-0.05, 0) is 31.9 Å². The van der Waals surface area contributed by atoms with Crippen LogP contribution in [-0.4, -0.2) is 15.7 Å². The van der Waals surface area contributed by atoms with Gasteiger partial charge in [-0.25, -0.2) is 0 Å². The van der Waals surface area contributed by atoms with Crippen molar-refractivity contribution in [3.63, 3.8) is 0 Å². The lowest BCUT2D eigenvalue weighted by Crippen LogP contribution is -2.31. The van der Waals surface area contributed by atoms with Crippen LogP contribution < -0.4 is 5.32 Å². The third-order valence-electron chi connectivity index (χ3n) is 3.45. The summed E-state index contributed by atoms with van der Waals surface area (Å²) in [7, 11) is 0. The predicted molar refractivity (Wildman–Crippen MR) is 79.3 cm³/mol. The highest BCUT2D eigenvalue weighted by Gasteiger charge is 2.13. The Morgan fingerprint density at radius 3 is 2.50 bits per heavy atom. The summed E-state index contributed by atoms with van der Waals surface area (Å²) in [5.41, 5.74) is 3.36. The van der Waals surface area contributed by atoms with E-state index in [0.717, 1.165) is 17.7 Å². The minimum Gasteiger partial charge on any atom is -0.348 e. The van der Waals surface area contributed by atoms with E-state index in [-0.39, 0.29) is 18.5 Å². The molecule has 0 saturated carbocycles. The summed E-state index contributed by atoms with van der Waals surface area (Å²) in [5, 5.41) is 7.20. The van der Waals surface area contributed by atoms with Gasteiger partial charge in [-0.2, -0.15) is 5.10 Å². The first kappa shape index (κ1) is 14.3. The molecule has 1 aromatic heterocycles. The van der Waals surface area contributed by atoms with Crippen molar-refractivity contribution in [2.24, 2.45) is 0 Å². The van der Waals surface area contributed by atoms with Crippen molar-refractivity contribution in [2.75, 3.05) is 0 Å². The van der Waals surface area contributed by atoms with E-state index >= 15 is 0 Å². The number of benzene rings is 1. The van der Waals surface area contributed by atoms with Gasteiger partial charge in [0.15, 0.2) is 0 Å². The van der Waals surface area contributed by atoms with Crippen LogP contribution in [-0.2, 0) is 11.3 Å².